The summed E-state index contributed by atoms with van der Waals surface area (Å²) in [5, 5.41) is 0. The lowest BCUT2D eigenvalue weighted by Crippen LogP contribution is -2.18. The van der Waals surface area contributed by atoms with Crippen LogP contribution in [0, 0.1) is 0 Å². The lowest BCUT2D eigenvalue weighted by atomic mass is 10.0. The number of hydrogen-bond acceptors (Lipinski definition) is 2. The monoisotopic (exact) mass is 190 g/mol. The van der Waals surface area contributed by atoms with Crippen LogP contribution in [0.2, 0.25) is 0 Å². The van der Waals surface area contributed by atoms with Gasteiger partial charge in [0.1, 0.15) is 0 Å². The summed E-state index contributed by atoms with van der Waals surface area (Å²) in [4.78, 5) is 4.06. The van der Waals surface area contributed by atoms with Gasteiger partial charge in [-0.3, -0.25) is 4.98 Å². The molecule has 0 radical (unpaired) electrons. The highest BCUT2D eigenvalue weighted by Crippen LogP contribution is 2.10. The molecular weight excluding hydrogens is 172 g/mol. The van der Waals surface area contributed by atoms with Gasteiger partial charge in [0.15, 0.2) is 0 Å². The van der Waals surface area contributed by atoms with Gasteiger partial charge in [0, 0.05) is 18.4 Å². The number of aromatic nitrogens is 1. The van der Waals surface area contributed by atoms with E-state index in [1.807, 2.05) is 18.3 Å². The SMILES string of the molecule is CCC(N)CC(C)=Cc1cccnc1. The Balaban J connectivity index is 2.60. The van der Waals surface area contributed by atoms with E-state index in [0.29, 0.717) is 0 Å². The van der Waals surface area contributed by atoms with Gasteiger partial charge in [0.25, 0.3) is 0 Å². The van der Waals surface area contributed by atoms with Crippen LogP contribution in [-0.2, 0) is 0 Å². The fourth-order valence-corrected chi connectivity index (χ4v) is 1.36. The second kappa shape index (κ2) is 5.55. The van der Waals surface area contributed by atoms with Crippen LogP contribution in [0.15, 0.2) is 30.1 Å². The zero-order chi connectivity index (χ0) is 10.4. The fourth-order valence-electron chi connectivity index (χ4n) is 1.36. The van der Waals surface area contributed by atoms with Gasteiger partial charge in [-0.25, -0.2) is 0 Å². The van der Waals surface area contributed by atoms with Crippen LogP contribution in [0.1, 0.15) is 32.3 Å². The number of nitrogens with two attached hydrogens (primary N) is 1. The lowest BCUT2D eigenvalue weighted by molar-refractivity contribution is 0.644. The Morgan fingerprint density at radius 1 is 1.64 bits per heavy atom. The van der Waals surface area contributed by atoms with Gasteiger partial charge < -0.3 is 5.73 Å². The van der Waals surface area contributed by atoms with E-state index in [2.05, 4.69) is 24.9 Å². The Bertz CT molecular complexity index is 290. The number of rotatable bonds is 4. The average molecular weight is 190 g/mol. The summed E-state index contributed by atoms with van der Waals surface area (Å²) in [5.74, 6) is 0. The predicted octanol–water partition coefficient (Wildman–Crippen LogP) is 2.61. The highest BCUT2D eigenvalue weighted by molar-refractivity contribution is 5.50. The van der Waals surface area contributed by atoms with E-state index < -0.39 is 0 Å². The van der Waals surface area contributed by atoms with Crippen molar-refractivity contribution in [2.75, 3.05) is 0 Å². The molecule has 1 heterocycles. The molecule has 1 unspecified atom stereocenters. The van der Waals surface area contributed by atoms with Gasteiger partial charge in [0.2, 0.25) is 0 Å². The average Bonchev–Trinajstić information content (AvgIpc) is 2.19. The summed E-state index contributed by atoms with van der Waals surface area (Å²) in [5.41, 5.74) is 8.33. The van der Waals surface area contributed by atoms with Crippen molar-refractivity contribution in [1.29, 1.82) is 0 Å². The van der Waals surface area contributed by atoms with Crippen LogP contribution in [0.5, 0.6) is 0 Å². The summed E-state index contributed by atoms with van der Waals surface area (Å²) < 4.78 is 0. The minimum Gasteiger partial charge on any atom is -0.327 e. The second-order valence-electron chi connectivity index (χ2n) is 3.65. The van der Waals surface area contributed by atoms with Crippen LogP contribution in [0.3, 0.4) is 0 Å². The van der Waals surface area contributed by atoms with Crippen molar-refractivity contribution in [2.45, 2.75) is 32.7 Å². The second-order valence-corrected chi connectivity index (χ2v) is 3.65. The first-order valence-corrected chi connectivity index (χ1v) is 5.05. The van der Waals surface area contributed by atoms with Crippen LogP contribution in [-0.4, -0.2) is 11.0 Å². The molecule has 0 saturated carbocycles. The molecule has 2 N–H and O–H groups in total. The molecule has 0 spiro atoms. The number of pyridine rings is 1. The zero-order valence-electron chi connectivity index (χ0n) is 8.90. The van der Waals surface area contributed by atoms with Crippen LogP contribution in [0.25, 0.3) is 6.08 Å². The van der Waals surface area contributed by atoms with Gasteiger partial charge in [-0.2, -0.15) is 0 Å². The molecule has 0 bridgehead atoms. The topological polar surface area (TPSA) is 38.9 Å². The standard InChI is InChI=1S/C12H18N2/c1-3-12(13)8-10(2)7-11-5-4-6-14-9-11/h4-7,9,12H,3,8,13H2,1-2H3. The summed E-state index contributed by atoms with van der Waals surface area (Å²) in [6, 6.07) is 4.27. The Morgan fingerprint density at radius 2 is 2.43 bits per heavy atom. The minimum absolute atomic E-state index is 0.280. The third-order valence-electron chi connectivity index (χ3n) is 2.21. The maximum Gasteiger partial charge on any atom is 0.0340 e. The van der Waals surface area contributed by atoms with Gasteiger partial charge >= 0.3 is 0 Å². The smallest absolute Gasteiger partial charge is 0.0340 e. The summed E-state index contributed by atoms with van der Waals surface area (Å²) >= 11 is 0. The zero-order valence-corrected chi connectivity index (χ0v) is 8.90. The van der Waals surface area contributed by atoms with E-state index in [1.165, 1.54) is 5.57 Å². The van der Waals surface area contributed by atoms with Crippen molar-refractivity contribution >= 4 is 6.08 Å². The summed E-state index contributed by atoms with van der Waals surface area (Å²) in [6.45, 7) is 4.23. The molecule has 2 heteroatoms. The first kappa shape index (κ1) is 10.9. The van der Waals surface area contributed by atoms with Crippen molar-refractivity contribution in [3.05, 3.63) is 35.7 Å². The lowest BCUT2D eigenvalue weighted by Gasteiger charge is -2.08. The third kappa shape index (κ3) is 3.71. The van der Waals surface area contributed by atoms with E-state index in [-0.39, 0.29) is 6.04 Å². The van der Waals surface area contributed by atoms with E-state index in [1.54, 1.807) is 6.20 Å². The van der Waals surface area contributed by atoms with Gasteiger partial charge in [-0.1, -0.05) is 24.6 Å². The Hall–Kier alpha value is -1.15. The van der Waals surface area contributed by atoms with Crippen molar-refractivity contribution in [2.24, 2.45) is 5.73 Å². The molecule has 2 nitrogen and oxygen atoms in total. The van der Waals surface area contributed by atoms with Crippen LogP contribution >= 0.6 is 0 Å². The molecule has 0 saturated heterocycles. The molecule has 0 fully saturated rings. The van der Waals surface area contributed by atoms with Gasteiger partial charge in [-0.05, 0) is 31.4 Å². The Morgan fingerprint density at radius 3 is 3.00 bits per heavy atom. The van der Waals surface area contributed by atoms with Gasteiger partial charge in [-0.15, -0.1) is 0 Å². The number of nitrogens with zero attached hydrogens (tertiary/aromatic N) is 1. The fraction of sp³-hybridized carbons (Fsp3) is 0.417. The van der Waals surface area contributed by atoms with E-state index in [4.69, 9.17) is 5.73 Å². The molecular formula is C12H18N2. The molecule has 0 aliphatic carbocycles. The number of hydrogen-bond donors (Lipinski definition) is 1. The Kier molecular flexibility index (Phi) is 4.33. The molecule has 1 aromatic rings. The Labute approximate surface area is 85.9 Å². The normalized spacial score (nSPS) is 14.1. The predicted molar refractivity (Wildman–Crippen MR) is 60.8 cm³/mol. The molecule has 0 aliphatic rings. The van der Waals surface area contributed by atoms with Gasteiger partial charge in [0.05, 0.1) is 0 Å². The van der Waals surface area contributed by atoms with E-state index in [9.17, 15) is 0 Å². The molecule has 14 heavy (non-hydrogen) atoms. The first-order valence-electron chi connectivity index (χ1n) is 5.05. The summed E-state index contributed by atoms with van der Waals surface area (Å²) in [7, 11) is 0. The molecule has 0 amide bonds. The van der Waals surface area contributed by atoms with E-state index in [0.717, 1.165) is 18.4 Å². The third-order valence-corrected chi connectivity index (χ3v) is 2.21. The minimum atomic E-state index is 0.280. The molecule has 0 aromatic carbocycles. The maximum absolute atomic E-state index is 5.87. The van der Waals surface area contributed by atoms with Crippen molar-refractivity contribution in [3.63, 3.8) is 0 Å². The molecule has 1 rings (SSSR count). The highest BCUT2D eigenvalue weighted by atomic mass is 14.6. The van der Waals surface area contributed by atoms with Crippen molar-refractivity contribution < 1.29 is 0 Å². The highest BCUT2D eigenvalue weighted by Gasteiger charge is 1.99. The van der Waals surface area contributed by atoms with Crippen LogP contribution < -0.4 is 5.73 Å². The maximum atomic E-state index is 5.87. The van der Waals surface area contributed by atoms with E-state index >= 15 is 0 Å². The molecule has 1 atom stereocenters. The van der Waals surface area contributed by atoms with Crippen LogP contribution in [0.4, 0.5) is 0 Å². The van der Waals surface area contributed by atoms with Crippen molar-refractivity contribution in [3.8, 4) is 0 Å². The molecule has 76 valence electrons. The largest absolute Gasteiger partial charge is 0.327 e. The quantitative estimate of drug-likeness (QED) is 0.792. The molecule has 1 aromatic heterocycles. The molecule has 0 aliphatic heterocycles. The van der Waals surface area contributed by atoms with Crippen molar-refractivity contribution in [1.82, 2.24) is 4.98 Å². The summed E-state index contributed by atoms with van der Waals surface area (Å²) in [6.07, 6.45) is 7.78. The first-order chi connectivity index (χ1) is 6.72.